The van der Waals surface area contributed by atoms with Gasteiger partial charge < -0.3 is 4.74 Å². The zero-order chi connectivity index (χ0) is 17.4. The molecule has 1 unspecified atom stereocenters. The largest absolute Gasteiger partial charge is 0.381 e. The molecule has 0 saturated carbocycles. The molecule has 0 aliphatic carbocycles. The summed E-state index contributed by atoms with van der Waals surface area (Å²) in [6.45, 7) is 12.5. The Morgan fingerprint density at radius 3 is 1.91 bits per heavy atom. The lowest BCUT2D eigenvalue weighted by Gasteiger charge is -2.29. The highest BCUT2D eigenvalue weighted by Gasteiger charge is 2.23. The summed E-state index contributed by atoms with van der Waals surface area (Å²) < 4.78 is 19.9. The van der Waals surface area contributed by atoms with Crippen molar-refractivity contribution in [2.45, 2.75) is 64.4 Å². The maximum atomic E-state index is 12.5. The first kappa shape index (κ1) is 20.3. The van der Waals surface area contributed by atoms with Crippen LogP contribution in [0.1, 0.15) is 58.9 Å². The van der Waals surface area contributed by atoms with Gasteiger partial charge in [0.05, 0.1) is 11.0 Å². The van der Waals surface area contributed by atoms with Gasteiger partial charge in [-0.15, -0.1) is 0 Å². The Kier molecular flexibility index (Phi) is 9.03. The third-order valence-corrected chi connectivity index (χ3v) is 5.23. The fourth-order valence-electron chi connectivity index (χ4n) is 2.35. The molecule has 0 N–H and O–H groups in total. The molecule has 0 radical (unpaired) electrons. The van der Waals surface area contributed by atoms with Crippen LogP contribution in [0.3, 0.4) is 0 Å². The summed E-state index contributed by atoms with van der Waals surface area (Å²) in [7, 11) is 0.721. The average molecular weight is 340 g/mol. The van der Waals surface area contributed by atoms with Crippen LogP contribution in [0.2, 0.25) is 0 Å². The monoisotopic (exact) mass is 339 g/mol. The normalized spacial score (nSPS) is 17.9. The standard InChI is InChI=1S/C15H23NO2S.C4H10/c1-12(2)13-4-6-15(7-5-13)19(17)16-10-8-14(18-3)9-11-16;1-4(2)3/h4-7,12,14H,8-11H2,1-3H3;4H,1-3H3. The number of piperidine rings is 1. The van der Waals surface area contributed by atoms with Crippen molar-refractivity contribution in [1.29, 1.82) is 0 Å². The summed E-state index contributed by atoms with van der Waals surface area (Å²) in [5.74, 6) is 1.35. The zero-order valence-electron chi connectivity index (χ0n) is 15.5. The molecule has 23 heavy (non-hydrogen) atoms. The van der Waals surface area contributed by atoms with Crippen molar-refractivity contribution < 1.29 is 8.95 Å². The van der Waals surface area contributed by atoms with Gasteiger partial charge in [-0.05, 0) is 42.4 Å². The molecule has 0 spiro atoms. The smallest absolute Gasteiger partial charge is 0.127 e. The van der Waals surface area contributed by atoms with Gasteiger partial charge in [0.2, 0.25) is 0 Å². The van der Waals surface area contributed by atoms with E-state index in [0.29, 0.717) is 12.0 Å². The number of rotatable bonds is 4. The molecule has 0 bridgehead atoms. The van der Waals surface area contributed by atoms with Crippen LogP contribution in [-0.2, 0) is 15.7 Å². The first-order chi connectivity index (χ1) is 10.8. The Morgan fingerprint density at radius 2 is 1.52 bits per heavy atom. The molecule has 4 heteroatoms. The summed E-state index contributed by atoms with van der Waals surface area (Å²) >= 11 is 0. The van der Waals surface area contributed by atoms with Crippen LogP contribution in [0.4, 0.5) is 0 Å². The lowest BCUT2D eigenvalue weighted by molar-refractivity contribution is 0.0614. The van der Waals surface area contributed by atoms with Crippen LogP contribution in [0.15, 0.2) is 29.2 Å². The van der Waals surface area contributed by atoms with Gasteiger partial charge in [0, 0.05) is 20.2 Å². The molecule has 1 aliphatic heterocycles. The van der Waals surface area contributed by atoms with Crippen LogP contribution in [0.5, 0.6) is 0 Å². The van der Waals surface area contributed by atoms with Gasteiger partial charge in [-0.25, -0.2) is 8.51 Å². The highest BCUT2D eigenvalue weighted by Crippen LogP contribution is 2.21. The molecule has 3 nitrogen and oxygen atoms in total. The van der Waals surface area contributed by atoms with E-state index in [1.807, 2.05) is 16.4 Å². The molecule has 132 valence electrons. The predicted octanol–water partition coefficient (Wildman–Crippen LogP) is 4.61. The number of hydrogen-bond acceptors (Lipinski definition) is 2. The minimum atomic E-state index is -1.03. The van der Waals surface area contributed by atoms with Crippen molar-refractivity contribution in [2.75, 3.05) is 20.2 Å². The molecule has 1 aromatic carbocycles. The van der Waals surface area contributed by atoms with Crippen molar-refractivity contribution in [1.82, 2.24) is 4.31 Å². The van der Waals surface area contributed by atoms with Gasteiger partial charge in [0.25, 0.3) is 0 Å². The Morgan fingerprint density at radius 1 is 1.04 bits per heavy atom. The van der Waals surface area contributed by atoms with Crippen LogP contribution in [0.25, 0.3) is 0 Å². The molecule has 1 aromatic rings. The van der Waals surface area contributed by atoms with Crippen molar-refractivity contribution in [3.05, 3.63) is 29.8 Å². The first-order valence-electron chi connectivity index (χ1n) is 8.64. The van der Waals surface area contributed by atoms with Gasteiger partial charge >= 0.3 is 0 Å². The summed E-state index contributed by atoms with van der Waals surface area (Å²) in [6, 6.07) is 8.15. The first-order valence-corrected chi connectivity index (χ1v) is 9.75. The third kappa shape index (κ3) is 7.15. The molecule has 1 fully saturated rings. The van der Waals surface area contributed by atoms with Gasteiger partial charge in [-0.1, -0.05) is 46.8 Å². The Bertz CT molecular complexity index is 460. The van der Waals surface area contributed by atoms with Crippen LogP contribution < -0.4 is 0 Å². The van der Waals surface area contributed by atoms with Crippen LogP contribution >= 0.6 is 0 Å². The topological polar surface area (TPSA) is 29.5 Å². The lowest BCUT2D eigenvalue weighted by atomic mass is 10.0. The SMILES string of the molecule is CC(C)C.COC1CCN(S(=O)c2ccc(C(C)C)cc2)CC1. The van der Waals surface area contributed by atoms with Gasteiger partial charge in [0.1, 0.15) is 11.0 Å². The number of hydrogen-bond donors (Lipinski definition) is 0. The van der Waals surface area contributed by atoms with E-state index in [1.54, 1.807) is 7.11 Å². The second kappa shape index (κ2) is 10.2. The summed E-state index contributed by atoms with van der Waals surface area (Å²) in [6.07, 6.45) is 2.26. The highest BCUT2D eigenvalue weighted by atomic mass is 32.2. The van der Waals surface area contributed by atoms with Crippen molar-refractivity contribution >= 4 is 11.0 Å². The van der Waals surface area contributed by atoms with E-state index in [4.69, 9.17) is 4.74 Å². The fraction of sp³-hybridized carbons (Fsp3) is 0.684. The molecule has 1 saturated heterocycles. The maximum absolute atomic E-state index is 12.5. The van der Waals surface area contributed by atoms with Crippen LogP contribution in [-0.4, -0.2) is 34.8 Å². The Labute approximate surface area is 145 Å². The average Bonchev–Trinajstić information content (AvgIpc) is 2.54. The Hall–Kier alpha value is -0.710. The van der Waals surface area contributed by atoms with Gasteiger partial charge in [-0.3, -0.25) is 0 Å². The molecule has 1 heterocycles. The van der Waals surface area contributed by atoms with Crippen LogP contribution in [0, 0.1) is 5.92 Å². The second-order valence-corrected chi connectivity index (χ2v) is 8.56. The van der Waals surface area contributed by atoms with Gasteiger partial charge in [-0.2, -0.15) is 0 Å². The van der Waals surface area contributed by atoms with Crippen molar-refractivity contribution in [3.8, 4) is 0 Å². The summed E-state index contributed by atoms with van der Waals surface area (Å²) in [5.41, 5.74) is 1.29. The summed E-state index contributed by atoms with van der Waals surface area (Å²) in [4.78, 5) is 0.903. The third-order valence-electron chi connectivity index (χ3n) is 3.72. The number of benzene rings is 1. The highest BCUT2D eigenvalue weighted by molar-refractivity contribution is 7.82. The fourth-order valence-corrected chi connectivity index (χ4v) is 3.56. The minimum absolute atomic E-state index is 0.330. The number of nitrogens with zero attached hydrogens (tertiary/aromatic N) is 1. The molecule has 0 amide bonds. The summed E-state index contributed by atoms with van der Waals surface area (Å²) in [5, 5.41) is 0. The molecule has 0 aromatic heterocycles. The second-order valence-electron chi connectivity index (χ2n) is 7.07. The van der Waals surface area contributed by atoms with E-state index in [1.165, 1.54) is 5.56 Å². The molecule has 1 aliphatic rings. The zero-order valence-corrected chi connectivity index (χ0v) is 16.4. The number of ether oxygens (including phenoxy) is 1. The lowest BCUT2D eigenvalue weighted by Crippen LogP contribution is -2.37. The van der Waals surface area contributed by atoms with Crippen molar-refractivity contribution in [3.63, 3.8) is 0 Å². The van der Waals surface area contributed by atoms with E-state index in [-0.39, 0.29) is 0 Å². The van der Waals surface area contributed by atoms with E-state index >= 15 is 0 Å². The predicted molar refractivity (Wildman–Crippen MR) is 99.1 cm³/mol. The molecule has 1 atom stereocenters. The molecular formula is C19H33NO2S. The number of methoxy groups -OCH3 is 1. The van der Waals surface area contributed by atoms with E-state index in [2.05, 4.69) is 46.8 Å². The van der Waals surface area contributed by atoms with Gasteiger partial charge in [0.15, 0.2) is 0 Å². The quantitative estimate of drug-likeness (QED) is 0.802. The van der Waals surface area contributed by atoms with E-state index < -0.39 is 11.0 Å². The Balaban J connectivity index is 0.000000593. The maximum Gasteiger partial charge on any atom is 0.127 e. The molecular weight excluding hydrogens is 306 g/mol. The minimum Gasteiger partial charge on any atom is -0.381 e. The molecule has 2 rings (SSSR count). The van der Waals surface area contributed by atoms with Crippen molar-refractivity contribution in [2.24, 2.45) is 5.92 Å². The van der Waals surface area contributed by atoms with E-state index in [9.17, 15) is 4.21 Å². The van der Waals surface area contributed by atoms with E-state index in [0.717, 1.165) is 36.7 Å².